The lowest BCUT2D eigenvalue weighted by Crippen LogP contribution is -2.54. The first kappa shape index (κ1) is 21.6. The third-order valence-corrected chi connectivity index (χ3v) is 7.11. The van der Waals surface area contributed by atoms with Crippen LogP contribution in [0.1, 0.15) is 51.4 Å². The standard InChI is InChI=1S/C22H26N6O2/c23-1-5-27(6-2-24)19(29)14-21-10-17-9-18(11-21)13-22(12-17,16-21)15-20(30)28(7-3-25)8-4-26/h17-18H,5-16H2. The third-order valence-electron chi connectivity index (χ3n) is 7.11. The zero-order chi connectivity index (χ0) is 21.8. The Bertz CT molecular complexity index is 756. The first-order valence-corrected chi connectivity index (χ1v) is 10.4. The SMILES string of the molecule is N#CCN(CC#N)C(=O)CC12CC3CC(C1)CC(CC(=O)N(CC#N)CC#N)(C3)C2. The monoisotopic (exact) mass is 406 g/mol. The van der Waals surface area contributed by atoms with Crippen LogP contribution in [0, 0.1) is 68.0 Å². The van der Waals surface area contributed by atoms with E-state index in [4.69, 9.17) is 21.0 Å². The number of amides is 2. The van der Waals surface area contributed by atoms with Gasteiger partial charge in [-0.2, -0.15) is 21.0 Å². The molecule has 4 saturated carbocycles. The Morgan fingerprint density at radius 2 is 1.03 bits per heavy atom. The summed E-state index contributed by atoms with van der Waals surface area (Å²) >= 11 is 0. The Hall–Kier alpha value is -3.10. The van der Waals surface area contributed by atoms with Crippen LogP contribution in [-0.4, -0.2) is 47.8 Å². The molecule has 4 aliphatic carbocycles. The van der Waals surface area contributed by atoms with Gasteiger partial charge in [0, 0.05) is 12.8 Å². The van der Waals surface area contributed by atoms with Crippen molar-refractivity contribution < 1.29 is 9.59 Å². The fourth-order valence-electron chi connectivity index (χ4n) is 6.73. The van der Waals surface area contributed by atoms with Crippen LogP contribution in [0.4, 0.5) is 0 Å². The van der Waals surface area contributed by atoms with Crippen LogP contribution in [0.5, 0.6) is 0 Å². The quantitative estimate of drug-likeness (QED) is 0.566. The highest BCUT2D eigenvalue weighted by Gasteiger charge is 2.58. The third kappa shape index (κ3) is 4.39. The van der Waals surface area contributed by atoms with Crippen molar-refractivity contribution >= 4 is 11.8 Å². The topological polar surface area (TPSA) is 136 Å². The molecule has 0 atom stereocenters. The molecular formula is C22H26N6O2. The van der Waals surface area contributed by atoms with Gasteiger partial charge in [-0.3, -0.25) is 9.59 Å². The lowest BCUT2D eigenvalue weighted by atomic mass is 9.43. The Labute approximate surface area is 177 Å². The van der Waals surface area contributed by atoms with Gasteiger partial charge in [-0.25, -0.2) is 0 Å². The smallest absolute Gasteiger partial charge is 0.224 e. The molecule has 0 aromatic heterocycles. The van der Waals surface area contributed by atoms with E-state index in [1.165, 1.54) is 9.80 Å². The van der Waals surface area contributed by atoms with Gasteiger partial charge in [0.05, 0.1) is 24.3 Å². The molecule has 0 aliphatic heterocycles. The first-order chi connectivity index (χ1) is 14.4. The zero-order valence-corrected chi connectivity index (χ0v) is 17.1. The summed E-state index contributed by atoms with van der Waals surface area (Å²) in [6.07, 6.45) is 6.38. The van der Waals surface area contributed by atoms with Crippen molar-refractivity contribution in [2.75, 3.05) is 26.2 Å². The number of hydrogen-bond donors (Lipinski definition) is 0. The predicted octanol–water partition coefficient (Wildman–Crippen LogP) is 2.10. The molecule has 0 aromatic rings. The van der Waals surface area contributed by atoms with Gasteiger partial charge in [0.2, 0.25) is 11.8 Å². The molecule has 0 saturated heterocycles. The van der Waals surface area contributed by atoms with Crippen molar-refractivity contribution in [1.29, 1.82) is 21.0 Å². The minimum Gasteiger partial charge on any atom is -0.316 e. The molecule has 156 valence electrons. The molecule has 8 nitrogen and oxygen atoms in total. The van der Waals surface area contributed by atoms with Crippen LogP contribution in [0.2, 0.25) is 0 Å². The molecule has 4 bridgehead atoms. The van der Waals surface area contributed by atoms with Gasteiger partial charge >= 0.3 is 0 Å². The van der Waals surface area contributed by atoms with Gasteiger partial charge in [-0.15, -0.1) is 0 Å². The summed E-state index contributed by atoms with van der Waals surface area (Å²) in [6, 6.07) is 7.85. The van der Waals surface area contributed by atoms with Gasteiger partial charge in [-0.05, 0) is 61.2 Å². The molecule has 0 radical (unpaired) electrons. The summed E-state index contributed by atoms with van der Waals surface area (Å²) in [5.74, 6) is 0.648. The molecule has 2 amide bonds. The molecule has 0 N–H and O–H groups in total. The lowest BCUT2D eigenvalue weighted by molar-refractivity contribution is -0.153. The highest BCUT2D eigenvalue weighted by atomic mass is 16.2. The molecule has 4 fully saturated rings. The second-order valence-electron chi connectivity index (χ2n) is 9.45. The number of carbonyl (C=O) groups excluding carboxylic acids is 2. The minimum atomic E-state index is -0.181. The molecule has 0 aromatic carbocycles. The van der Waals surface area contributed by atoms with Gasteiger partial charge in [0.15, 0.2) is 0 Å². The number of nitriles is 4. The fourth-order valence-corrected chi connectivity index (χ4v) is 6.73. The summed E-state index contributed by atoms with van der Waals surface area (Å²) in [5, 5.41) is 35.9. The Morgan fingerprint density at radius 1 is 0.700 bits per heavy atom. The maximum Gasteiger partial charge on any atom is 0.224 e. The molecule has 8 heteroatoms. The molecule has 4 aliphatic rings. The number of hydrogen-bond acceptors (Lipinski definition) is 6. The van der Waals surface area contributed by atoms with Crippen LogP contribution < -0.4 is 0 Å². The number of carbonyl (C=O) groups is 2. The maximum atomic E-state index is 12.9. The molecule has 4 rings (SSSR count). The molecule has 30 heavy (non-hydrogen) atoms. The normalized spacial score (nSPS) is 30.4. The predicted molar refractivity (Wildman–Crippen MR) is 104 cm³/mol. The van der Waals surface area contributed by atoms with Crippen LogP contribution in [-0.2, 0) is 9.59 Å². The Kier molecular flexibility index (Phi) is 6.28. The van der Waals surface area contributed by atoms with Crippen molar-refractivity contribution in [3.63, 3.8) is 0 Å². The number of rotatable bonds is 8. The Morgan fingerprint density at radius 3 is 1.33 bits per heavy atom. The van der Waals surface area contributed by atoms with Gasteiger partial charge in [-0.1, -0.05) is 0 Å². The van der Waals surface area contributed by atoms with Crippen LogP contribution in [0.3, 0.4) is 0 Å². The lowest BCUT2D eigenvalue weighted by Gasteiger charge is -2.62. The second kappa shape index (κ2) is 8.73. The average Bonchev–Trinajstić information content (AvgIpc) is 2.65. The first-order valence-electron chi connectivity index (χ1n) is 10.4. The summed E-state index contributed by atoms with van der Waals surface area (Å²) < 4.78 is 0. The second-order valence-corrected chi connectivity index (χ2v) is 9.45. The van der Waals surface area contributed by atoms with E-state index in [2.05, 4.69) is 0 Å². The van der Waals surface area contributed by atoms with Crippen molar-refractivity contribution in [1.82, 2.24) is 9.80 Å². The van der Waals surface area contributed by atoms with Crippen LogP contribution in [0.25, 0.3) is 0 Å². The van der Waals surface area contributed by atoms with E-state index >= 15 is 0 Å². The van der Waals surface area contributed by atoms with Gasteiger partial charge in [0.25, 0.3) is 0 Å². The fraction of sp³-hybridized carbons (Fsp3) is 0.727. The van der Waals surface area contributed by atoms with Crippen molar-refractivity contribution in [2.24, 2.45) is 22.7 Å². The molecular weight excluding hydrogens is 380 g/mol. The number of nitrogens with zero attached hydrogens (tertiary/aromatic N) is 6. The summed E-state index contributed by atoms with van der Waals surface area (Å²) in [6.45, 7) is -0.348. The average molecular weight is 406 g/mol. The molecule has 0 heterocycles. The highest BCUT2D eigenvalue weighted by Crippen LogP contribution is 2.67. The summed E-state index contributed by atoms with van der Waals surface area (Å²) in [4.78, 5) is 28.4. The van der Waals surface area contributed by atoms with E-state index in [1.807, 2.05) is 24.3 Å². The minimum absolute atomic E-state index is 0.0871. The van der Waals surface area contributed by atoms with Crippen LogP contribution >= 0.6 is 0 Å². The maximum absolute atomic E-state index is 12.9. The molecule has 0 spiro atoms. The van der Waals surface area contributed by atoms with E-state index in [-0.39, 0.29) is 48.8 Å². The van der Waals surface area contributed by atoms with E-state index in [9.17, 15) is 9.59 Å². The van der Waals surface area contributed by atoms with E-state index in [0.29, 0.717) is 24.7 Å². The van der Waals surface area contributed by atoms with E-state index in [0.717, 1.165) is 38.5 Å². The van der Waals surface area contributed by atoms with Gasteiger partial charge < -0.3 is 9.80 Å². The summed E-state index contributed by atoms with van der Waals surface area (Å²) in [7, 11) is 0. The zero-order valence-electron chi connectivity index (χ0n) is 17.1. The summed E-state index contributed by atoms with van der Waals surface area (Å²) in [5.41, 5.74) is -0.361. The van der Waals surface area contributed by atoms with Gasteiger partial charge in [0.1, 0.15) is 26.2 Å². The highest BCUT2D eigenvalue weighted by molar-refractivity contribution is 5.78. The Balaban J connectivity index is 1.77. The van der Waals surface area contributed by atoms with Crippen molar-refractivity contribution in [3.8, 4) is 24.3 Å². The van der Waals surface area contributed by atoms with E-state index in [1.54, 1.807) is 0 Å². The largest absolute Gasteiger partial charge is 0.316 e. The van der Waals surface area contributed by atoms with E-state index < -0.39 is 0 Å². The van der Waals surface area contributed by atoms with Crippen molar-refractivity contribution in [2.45, 2.75) is 51.4 Å². The van der Waals surface area contributed by atoms with Crippen LogP contribution in [0.15, 0.2) is 0 Å². The van der Waals surface area contributed by atoms with Crippen molar-refractivity contribution in [3.05, 3.63) is 0 Å². The molecule has 0 unspecified atom stereocenters.